The molecule has 0 unspecified atom stereocenters. The predicted octanol–water partition coefficient (Wildman–Crippen LogP) is 8.24. The van der Waals surface area contributed by atoms with Crippen molar-refractivity contribution in [1.82, 2.24) is 4.42 Å². The molecule has 0 fully saturated rings. The third-order valence-corrected chi connectivity index (χ3v) is 11.0. The fraction of sp³-hybridized carbons (Fsp3) is 0. The molecule has 0 atom stereocenters. The van der Waals surface area contributed by atoms with Crippen molar-refractivity contribution in [3.8, 4) is 0 Å². The van der Waals surface area contributed by atoms with E-state index in [-0.39, 0.29) is 44.4 Å². The minimum Gasteiger partial charge on any atom is -0.268 e. The lowest BCUT2D eigenvalue weighted by Crippen LogP contribution is -2.42. The van der Waals surface area contributed by atoms with Gasteiger partial charge in [0.1, 0.15) is 0 Å². The van der Waals surface area contributed by atoms with Crippen molar-refractivity contribution < 1.29 is 28.8 Å². The van der Waals surface area contributed by atoms with Gasteiger partial charge >= 0.3 is 0 Å². The summed E-state index contributed by atoms with van der Waals surface area (Å²) >= 11 is 5.96. The molecule has 3 aliphatic heterocycles. The lowest BCUT2D eigenvalue weighted by molar-refractivity contribution is 0.0724. The second-order valence-electron chi connectivity index (χ2n) is 13.2. The Bertz CT molecular complexity index is 2960. The van der Waals surface area contributed by atoms with Crippen LogP contribution in [-0.2, 0) is 0 Å². The summed E-state index contributed by atoms with van der Waals surface area (Å²) in [6, 6.07) is 31.5. The number of imide groups is 3. The zero-order valence-electron chi connectivity index (χ0n) is 26.6. The number of halogens is 1. The summed E-state index contributed by atoms with van der Waals surface area (Å²) in [5.41, 5.74) is 1.47. The molecule has 0 N–H and O–H groups in total. The molecule has 11 rings (SSSR count). The molecule has 0 saturated heterocycles. The van der Waals surface area contributed by atoms with Crippen LogP contribution in [0.2, 0.25) is 0 Å². The van der Waals surface area contributed by atoms with Crippen LogP contribution in [0.1, 0.15) is 62.1 Å². The number of hydrogen-bond donors (Lipinski definition) is 0. The molecular weight excluding hydrogens is 678 g/mol. The number of anilines is 2. The second-order valence-corrected chi connectivity index (χ2v) is 13.5. The van der Waals surface area contributed by atoms with E-state index < -0.39 is 35.4 Å². The summed E-state index contributed by atoms with van der Waals surface area (Å²) in [6.45, 7) is 0. The first kappa shape index (κ1) is 28.8. The fourth-order valence-electron chi connectivity index (χ4n) is 8.51. The van der Waals surface area contributed by atoms with Gasteiger partial charge in [0, 0.05) is 61.3 Å². The minimum atomic E-state index is -0.752. The van der Waals surface area contributed by atoms with Crippen LogP contribution < -0.4 is 9.80 Å². The number of nitrogens with zero attached hydrogens (tertiary/aromatic N) is 3. The molecule has 3 aliphatic rings. The van der Waals surface area contributed by atoms with Crippen LogP contribution in [0.15, 0.2) is 109 Å². The smallest absolute Gasteiger partial charge is 0.268 e. The number of amides is 6. The molecule has 8 aromatic carbocycles. The van der Waals surface area contributed by atoms with Crippen LogP contribution in [0.4, 0.5) is 11.4 Å². The fourth-order valence-corrected chi connectivity index (χ4v) is 8.69. The zero-order valence-corrected chi connectivity index (χ0v) is 27.3. The first-order valence-electron chi connectivity index (χ1n) is 16.4. The van der Waals surface area contributed by atoms with E-state index in [0.29, 0.717) is 20.9 Å². The molecule has 52 heavy (non-hydrogen) atoms. The maximum Gasteiger partial charge on any atom is 0.276 e. The summed E-state index contributed by atoms with van der Waals surface area (Å²) in [6.07, 6.45) is 0. The van der Waals surface area contributed by atoms with Gasteiger partial charge in [0.15, 0.2) is 0 Å². The maximum atomic E-state index is 14.3. The van der Waals surface area contributed by atoms with Crippen LogP contribution in [-0.4, -0.2) is 39.9 Å². The van der Waals surface area contributed by atoms with Gasteiger partial charge < -0.3 is 0 Å². The average molecular weight is 696 g/mol. The van der Waals surface area contributed by atoms with Gasteiger partial charge in [-0.1, -0.05) is 54.6 Å². The Morgan fingerprint density at radius 1 is 0.346 bits per heavy atom. The van der Waals surface area contributed by atoms with Gasteiger partial charge in [0.25, 0.3) is 35.4 Å². The van der Waals surface area contributed by atoms with Crippen molar-refractivity contribution in [3.05, 3.63) is 143 Å². The third-order valence-electron chi connectivity index (χ3n) is 10.7. The summed E-state index contributed by atoms with van der Waals surface area (Å²) in [5, 5.41) is 8.04. The summed E-state index contributed by atoms with van der Waals surface area (Å²) in [7, 11) is 0. The van der Waals surface area contributed by atoms with Gasteiger partial charge in [-0.15, -0.1) is 0 Å². The van der Waals surface area contributed by atoms with E-state index in [1.807, 2.05) is 24.3 Å². The first-order valence-corrected chi connectivity index (χ1v) is 16.7. The molecule has 9 nitrogen and oxygen atoms in total. The Morgan fingerprint density at radius 3 is 1.13 bits per heavy atom. The number of carbonyl (C=O) groups excluding carboxylic acids is 6. The molecule has 0 spiro atoms. The second kappa shape index (κ2) is 9.63. The van der Waals surface area contributed by atoms with E-state index in [4.69, 9.17) is 11.8 Å². The number of hydrogen-bond acceptors (Lipinski definition) is 6. The Labute approximate surface area is 297 Å². The quantitative estimate of drug-likeness (QED) is 0.0779. The largest absolute Gasteiger partial charge is 0.276 e. The lowest BCUT2D eigenvalue weighted by Gasteiger charge is -2.31. The third kappa shape index (κ3) is 3.33. The highest BCUT2D eigenvalue weighted by Gasteiger charge is 2.41. The molecule has 0 radical (unpaired) electrons. The SMILES string of the molecule is O=C1c2ccc3c4c(ccc(c24)C(=O)N1Cl)C(=O)N(c1cccc(N2C(=O)c4ccc5c6cccc7cccc(c8ccc(c4c58)C2=O)c76)c1)C3=O. The van der Waals surface area contributed by atoms with Gasteiger partial charge in [-0.05, 0) is 92.3 Å². The summed E-state index contributed by atoms with van der Waals surface area (Å²) in [4.78, 5) is 84.6. The first-order chi connectivity index (χ1) is 25.2. The van der Waals surface area contributed by atoms with Gasteiger partial charge in [0.2, 0.25) is 0 Å². The number of benzene rings is 8. The molecule has 0 saturated carbocycles. The highest BCUT2D eigenvalue weighted by atomic mass is 35.5. The van der Waals surface area contributed by atoms with E-state index in [1.165, 1.54) is 30.3 Å². The predicted molar refractivity (Wildman–Crippen MR) is 197 cm³/mol. The van der Waals surface area contributed by atoms with Crippen molar-refractivity contribution in [2.45, 2.75) is 0 Å². The van der Waals surface area contributed by atoms with Crippen LogP contribution in [0.25, 0.3) is 53.9 Å². The number of carbonyl (C=O) groups is 6. The van der Waals surface area contributed by atoms with Crippen LogP contribution >= 0.6 is 11.8 Å². The molecule has 8 aromatic rings. The van der Waals surface area contributed by atoms with E-state index in [9.17, 15) is 28.8 Å². The molecule has 0 aromatic heterocycles. The molecule has 244 valence electrons. The topological polar surface area (TPSA) is 112 Å². The number of fused-ring (bicyclic) bond motifs is 2. The van der Waals surface area contributed by atoms with Crippen molar-refractivity contribution in [3.63, 3.8) is 0 Å². The van der Waals surface area contributed by atoms with Crippen molar-refractivity contribution in [2.75, 3.05) is 9.80 Å². The van der Waals surface area contributed by atoms with E-state index in [1.54, 1.807) is 30.3 Å². The average Bonchev–Trinajstić information content (AvgIpc) is 3.16. The Balaban J connectivity index is 1.04. The minimum absolute atomic E-state index is 0.102. The van der Waals surface area contributed by atoms with Crippen LogP contribution in [0.5, 0.6) is 0 Å². The Kier molecular flexibility index (Phi) is 5.34. The Hall–Kier alpha value is -6.97. The molecule has 0 bridgehead atoms. The highest BCUT2D eigenvalue weighted by molar-refractivity contribution is 6.45. The maximum absolute atomic E-state index is 14.3. The summed E-state index contributed by atoms with van der Waals surface area (Å²) < 4.78 is 0.484. The lowest BCUT2D eigenvalue weighted by atomic mass is 9.84. The van der Waals surface area contributed by atoms with Crippen molar-refractivity contribution in [1.29, 1.82) is 0 Å². The van der Waals surface area contributed by atoms with Crippen LogP contribution in [0, 0.1) is 0 Å². The van der Waals surface area contributed by atoms with E-state index in [0.717, 1.165) is 47.5 Å². The van der Waals surface area contributed by atoms with Crippen molar-refractivity contribution in [2.24, 2.45) is 0 Å². The molecule has 0 aliphatic carbocycles. The van der Waals surface area contributed by atoms with Gasteiger partial charge in [0.05, 0.1) is 11.4 Å². The molecule has 3 heterocycles. The van der Waals surface area contributed by atoms with E-state index in [2.05, 4.69) is 24.3 Å². The van der Waals surface area contributed by atoms with Gasteiger partial charge in [-0.25, -0.2) is 9.80 Å². The highest BCUT2D eigenvalue weighted by Crippen LogP contribution is 2.45. The summed E-state index contributed by atoms with van der Waals surface area (Å²) in [5.74, 6) is -3.95. The normalized spacial score (nSPS) is 15.5. The zero-order chi connectivity index (χ0) is 35.3. The standard InChI is InChI=1S/C42H18ClN3O6/c43-46-41(51)30-16-14-28-35-29(15-17-31(36(30)35)42(46)52)40(50)45(39(28)49)21-7-3-6-20(18-21)44-37(47)26-12-10-24-22-8-1-4-19-5-2-9-23(32(19)22)25-11-13-27(38(44)48)34(26)33(24)25/h1-18H. The molecule has 10 heteroatoms. The molecular formula is C42H18ClN3O6. The van der Waals surface area contributed by atoms with Gasteiger partial charge in [-0.3, -0.25) is 28.8 Å². The van der Waals surface area contributed by atoms with Gasteiger partial charge in [-0.2, -0.15) is 4.42 Å². The van der Waals surface area contributed by atoms with Crippen LogP contribution in [0.3, 0.4) is 0 Å². The van der Waals surface area contributed by atoms with Crippen molar-refractivity contribution >= 4 is 112 Å². The Morgan fingerprint density at radius 2 is 0.692 bits per heavy atom. The van der Waals surface area contributed by atoms with E-state index >= 15 is 0 Å². The molecule has 6 amide bonds. The number of rotatable bonds is 2. The monoisotopic (exact) mass is 695 g/mol.